The maximum absolute atomic E-state index is 13.0. The number of aryl methyl sites for hydroxylation is 2. The second-order valence-electron chi connectivity index (χ2n) is 8.53. The van der Waals surface area contributed by atoms with E-state index in [-0.39, 0.29) is 11.8 Å². The van der Waals surface area contributed by atoms with Crippen molar-refractivity contribution in [3.05, 3.63) is 71.5 Å². The van der Waals surface area contributed by atoms with Gasteiger partial charge in [0, 0.05) is 53.2 Å². The van der Waals surface area contributed by atoms with Gasteiger partial charge in [0.05, 0.1) is 11.4 Å². The number of amides is 1. The van der Waals surface area contributed by atoms with Crippen LogP contribution >= 0.6 is 11.3 Å². The molecule has 0 bridgehead atoms. The lowest BCUT2D eigenvalue weighted by atomic mass is 9.96. The Kier molecular flexibility index (Phi) is 6.31. The molecule has 4 aromatic rings. The van der Waals surface area contributed by atoms with Crippen LogP contribution in [-0.4, -0.2) is 38.9 Å². The highest BCUT2D eigenvalue weighted by molar-refractivity contribution is 7.13. The van der Waals surface area contributed by atoms with Crippen LogP contribution in [0.3, 0.4) is 0 Å². The number of aromatic nitrogens is 4. The molecule has 0 aliphatic carbocycles. The molecule has 0 radical (unpaired) electrons. The average molecular weight is 471 g/mol. The zero-order valence-electron chi connectivity index (χ0n) is 19.2. The van der Waals surface area contributed by atoms with E-state index in [0.29, 0.717) is 0 Å². The van der Waals surface area contributed by atoms with E-state index in [1.807, 2.05) is 67.8 Å². The molecule has 5 rings (SSSR count). The van der Waals surface area contributed by atoms with Crippen molar-refractivity contribution in [3.63, 3.8) is 0 Å². The maximum atomic E-state index is 13.0. The third-order valence-electron chi connectivity index (χ3n) is 5.93. The molecule has 1 fully saturated rings. The van der Waals surface area contributed by atoms with E-state index in [4.69, 9.17) is 4.98 Å². The normalized spacial score (nSPS) is 14.2. The molecule has 1 amide bonds. The van der Waals surface area contributed by atoms with Crippen LogP contribution in [0.2, 0.25) is 0 Å². The third kappa shape index (κ3) is 4.97. The van der Waals surface area contributed by atoms with E-state index in [2.05, 4.69) is 25.2 Å². The number of anilines is 2. The Bertz CT molecular complexity index is 1280. The Morgan fingerprint density at radius 2 is 1.76 bits per heavy atom. The molecular formula is C26H26N6OS. The largest absolute Gasteiger partial charge is 0.341 e. The summed E-state index contributed by atoms with van der Waals surface area (Å²) in [4.78, 5) is 33.4. The van der Waals surface area contributed by atoms with Crippen LogP contribution in [0.25, 0.3) is 22.0 Å². The number of rotatable bonds is 5. The fraction of sp³-hybridized carbons (Fsp3) is 0.269. The number of piperidine rings is 1. The minimum absolute atomic E-state index is 0.0270. The first-order valence-electron chi connectivity index (χ1n) is 11.4. The molecule has 8 heteroatoms. The number of pyridine rings is 1. The molecule has 1 N–H and O–H groups in total. The first-order chi connectivity index (χ1) is 16.5. The van der Waals surface area contributed by atoms with Crippen molar-refractivity contribution in [1.29, 1.82) is 0 Å². The number of thiazole rings is 1. The summed E-state index contributed by atoms with van der Waals surface area (Å²) in [6.07, 6.45) is 3.33. The monoisotopic (exact) mass is 470 g/mol. The molecule has 1 saturated heterocycles. The van der Waals surface area contributed by atoms with Gasteiger partial charge in [-0.05, 0) is 57.0 Å². The predicted molar refractivity (Wildman–Crippen MR) is 136 cm³/mol. The van der Waals surface area contributed by atoms with Crippen LogP contribution in [-0.2, 0) is 4.79 Å². The fourth-order valence-electron chi connectivity index (χ4n) is 4.20. The Morgan fingerprint density at radius 3 is 2.50 bits per heavy atom. The summed E-state index contributed by atoms with van der Waals surface area (Å²) < 4.78 is 0. The second kappa shape index (κ2) is 9.69. The number of hydrogen-bond donors (Lipinski definition) is 1. The van der Waals surface area contributed by atoms with E-state index in [0.717, 1.165) is 70.9 Å². The lowest BCUT2D eigenvalue weighted by Crippen LogP contribution is -2.39. The van der Waals surface area contributed by atoms with Crippen molar-refractivity contribution in [2.45, 2.75) is 26.7 Å². The minimum Gasteiger partial charge on any atom is -0.341 e. The molecular weight excluding hydrogens is 444 g/mol. The summed E-state index contributed by atoms with van der Waals surface area (Å²) in [6, 6.07) is 15.6. The number of hydrogen-bond acceptors (Lipinski definition) is 7. The number of benzene rings is 1. The van der Waals surface area contributed by atoms with Gasteiger partial charge in [0.25, 0.3) is 0 Å². The van der Waals surface area contributed by atoms with Crippen molar-refractivity contribution in [2.24, 2.45) is 5.92 Å². The van der Waals surface area contributed by atoms with E-state index in [1.54, 1.807) is 17.5 Å². The molecule has 0 saturated carbocycles. The van der Waals surface area contributed by atoms with Crippen molar-refractivity contribution in [1.82, 2.24) is 19.9 Å². The standard InChI is InChI=1S/C26H26N6OS/c1-17-14-18(2)29-26(28-17)32-12-9-19(10-13-32)24(33)30-21-7-5-6-20(15-21)23-16-34-25(31-23)22-8-3-4-11-27-22/h3-8,11,14-16,19H,9-10,12-13H2,1-2H3,(H,30,33). The molecule has 1 aliphatic heterocycles. The molecule has 1 aliphatic rings. The van der Waals surface area contributed by atoms with Gasteiger partial charge in [0.15, 0.2) is 0 Å². The highest BCUT2D eigenvalue weighted by Gasteiger charge is 2.26. The summed E-state index contributed by atoms with van der Waals surface area (Å²) in [5, 5.41) is 6.01. The second-order valence-corrected chi connectivity index (χ2v) is 9.39. The highest BCUT2D eigenvalue weighted by atomic mass is 32.1. The van der Waals surface area contributed by atoms with Gasteiger partial charge in [-0.15, -0.1) is 11.3 Å². The molecule has 4 heterocycles. The van der Waals surface area contributed by atoms with E-state index >= 15 is 0 Å². The average Bonchev–Trinajstić information content (AvgIpc) is 3.35. The quantitative estimate of drug-likeness (QED) is 0.435. The zero-order valence-corrected chi connectivity index (χ0v) is 20.0. The molecule has 172 valence electrons. The van der Waals surface area contributed by atoms with Gasteiger partial charge in [0.1, 0.15) is 5.01 Å². The first-order valence-corrected chi connectivity index (χ1v) is 12.3. The fourth-order valence-corrected chi connectivity index (χ4v) is 5.01. The number of nitrogens with zero attached hydrogens (tertiary/aromatic N) is 5. The molecule has 34 heavy (non-hydrogen) atoms. The molecule has 0 unspecified atom stereocenters. The summed E-state index contributed by atoms with van der Waals surface area (Å²) in [5.74, 6) is 0.795. The van der Waals surface area contributed by atoms with E-state index in [9.17, 15) is 4.79 Å². The van der Waals surface area contributed by atoms with E-state index in [1.165, 1.54) is 0 Å². The van der Waals surface area contributed by atoms with Gasteiger partial charge in [-0.25, -0.2) is 15.0 Å². The SMILES string of the molecule is Cc1cc(C)nc(N2CCC(C(=O)Nc3cccc(-c4csc(-c5ccccn5)n4)c3)CC2)n1. The van der Waals surface area contributed by atoms with Gasteiger partial charge in [-0.1, -0.05) is 18.2 Å². The first kappa shape index (κ1) is 22.2. The van der Waals surface area contributed by atoms with Crippen LogP contribution in [0.5, 0.6) is 0 Å². The molecule has 3 aromatic heterocycles. The van der Waals surface area contributed by atoms with Gasteiger partial charge in [-0.3, -0.25) is 9.78 Å². The molecule has 0 spiro atoms. The molecule has 1 aromatic carbocycles. The summed E-state index contributed by atoms with van der Waals surface area (Å²) in [6.45, 7) is 5.52. The van der Waals surface area contributed by atoms with Crippen LogP contribution in [0.15, 0.2) is 60.1 Å². The van der Waals surface area contributed by atoms with Crippen LogP contribution in [0.4, 0.5) is 11.6 Å². The topological polar surface area (TPSA) is 83.9 Å². The highest BCUT2D eigenvalue weighted by Crippen LogP contribution is 2.29. The lowest BCUT2D eigenvalue weighted by Gasteiger charge is -2.31. The zero-order chi connectivity index (χ0) is 23.5. The van der Waals surface area contributed by atoms with Crippen LogP contribution < -0.4 is 10.2 Å². The third-order valence-corrected chi connectivity index (χ3v) is 6.80. The van der Waals surface area contributed by atoms with Gasteiger partial charge in [0.2, 0.25) is 11.9 Å². The van der Waals surface area contributed by atoms with Gasteiger partial charge >= 0.3 is 0 Å². The Hall–Kier alpha value is -3.65. The van der Waals surface area contributed by atoms with Gasteiger partial charge in [-0.2, -0.15) is 0 Å². The number of carbonyl (C=O) groups is 1. The maximum Gasteiger partial charge on any atom is 0.227 e. The van der Waals surface area contributed by atoms with Crippen LogP contribution in [0, 0.1) is 19.8 Å². The number of nitrogens with one attached hydrogen (secondary N) is 1. The minimum atomic E-state index is -0.0270. The predicted octanol–water partition coefficient (Wildman–Crippen LogP) is 5.13. The van der Waals surface area contributed by atoms with Crippen molar-refractivity contribution >= 4 is 28.9 Å². The number of carbonyl (C=O) groups excluding carboxylic acids is 1. The Morgan fingerprint density at radius 1 is 0.971 bits per heavy atom. The summed E-state index contributed by atoms with van der Waals surface area (Å²) in [7, 11) is 0. The lowest BCUT2D eigenvalue weighted by molar-refractivity contribution is -0.120. The van der Waals surface area contributed by atoms with Crippen LogP contribution in [0.1, 0.15) is 24.2 Å². The van der Waals surface area contributed by atoms with Crippen molar-refractivity contribution in [3.8, 4) is 22.0 Å². The van der Waals surface area contributed by atoms with Crippen molar-refractivity contribution in [2.75, 3.05) is 23.3 Å². The van der Waals surface area contributed by atoms with E-state index < -0.39 is 0 Å². The Balaban J connectivity index is 1.22. The summed E-state index contributed by atoms with van der Waals surface area (Å²) >= 11 is 1.56. The Labute approximate surface area is 203 Å². The van der Waals surface area contributed by atoms with Gasteiger partial charge < -0.3 is 10.2 Å². The smallest absolute Gasteiger partial charge is 0.227 e. The molecule has 0 atom stereocenters. The van der Waals surface area contributed by atoms with Crippen molar-refractivity contribution < 1.29 is 4.79 Å². The molecule has 7 nitrogen and oxygen atoms in total. The summed E-state index contributed by atoms with van der Waals surface area (Å²) in [5.41, 5.74) is 5.43.